The van der Waals surface area contributed by atoms with Crippen molar-refractivity contribution >= 4 is 15.9 Å². The number of rotatable bonds is 4. The van der Waals surface area contributed by atoms with Gasteiger partial charge >= 0.3 is 0 Å². The summed E-state index contributed by atoms with van der Waals surface area (Å²) in [4.78, 5) is 0. The normalized spacial score (nSPS) is 11.8. The molecule has 2 aromatic rings. The summed E-state index contributed by atoms with van der Waals surface area (Å²) >= 11 is 3.44. The van der Waals surface area contributed by atoms with Crippen LogP contribution in [0.5, 0.6) is 0 Å². The maximum atomic E-state index is 8.75. The van der Waals surface area contributed by atoms with Crippen LogP contribution in [0.3, 0.4) is 0 Å². The van der Waals surface area contributed by atoms with Gasteiger partial charge in [0.1, 0.15) is 0 Å². The Morgan fingerprint density at radius 2 is 1.74 bits per heavy atom. The van der Waals surface area contributed by atoms with Gasteiger partial charge in [0.05, 0.1) is 11.6 Å². The van der Waals surface area contributed by atoms with Gasteiger partial charge in [-0.25, -0.2) is 0 Å². The first-order valence-electron chi connectivity index (χ1n) is 6.17. The maximum absolute atomic E-state index is 8.75. The second kappa shape index (κ2) is 6.51. The molecule has 96 valence electrons. The SMILES string of the molecule is CC(NCc1ccc(C#N)cc1)c1ccc(Br)cc1. The highest BCUT2D eigenvalue weighted by Crippen LogP contribution is 2.17. The van der Waals surface area contributed by atoms with Crippen molar-refractivity contribution < 1.29 is 0 Å². The van der Waals surface area contributed by atoms with E-state index in [9.17, 15) is 0 Å². The lowest BCUT2D eigenvalue weighted by atomic mass is 10.1. The predicted molar refractivity (Wildman–Crippen MR) is 80.6 cm³/mol. The molecule has 0 saturated heterocycles. The van der Waals surface area contributed by atoms with Gasteiger partial charge in [-0.05, 0) is 42.3 Å². The molecule has 1 atom stereocenters. The van der Waals surface area contributed by atoms with Gasteiger partial charge in [-0.15, -0.1) is 0 Å². The van der Waals surface area contributed by atoms with Crippen LogP contribution in [0.4, 0.5) is 0 Å². The summed E-state index contributed by atoms with van der Waals surface area (Å²) in [7, 11) is 0. The van der Waals surface area contributed by atoms with E-state index in [1.54, 1.807) is 0 Å². The minimum Gasteiger partial charge on any atom is -0.306 e. The molecule has 0 fully saturated rings. The third-order valence-corrected chi connectivity index (χ3v) is 3.59. The second-order valence-corrected chi connectivity index (χ2v) is 5.38. The highest BCUT2D eigenvalue weighted by atomic mass is 79.9. The van der Waals surface area contributed by atoms with Crippen molar-refractivity contribution in [3.63, 3.8) is 0 Å². The molecule has 1 N–H and O–H groups in total. The zero-order valence-corrected chi connectivity index (χ0v) is 12.3. The average Bonchev–Trinajstić information content (AvgIpc) is 2.46. The Balaban J connectivity index is 1.94. The molecule has 0 aliphatic carbocycles. The lowest BCUT2D eigenvalue weighted by Gasteiger charge is -2.14. The van der Waals surface area contributed by atoms with E-state index in [4.69, 9.17) is 5.26 Å². The molecule has 2 rings (SSSR count). The maximum Gasteiger partial charge on any atom is 0.0991 e. The van der Waals surface area contributed by atoms with E-state index < -0.39 is 0 Å². The lowest BCUT2D eigenvalue weighted by Crippen LogP contribution is -2.17. The van der Waals surface area contributed by atoms with Crippen molar-refractivity contribution in [2.45, 2.75) is 19.5 Å². The van der Waals surface area contributed by atoms with Crippen molar-refractivity contribution in [3.8, 4) is 6.07 Å². The van der Waals surface area contributed by atoms with E-state index in [0.29, 0.717) is 11.6 Å². The van der Waals surface area contributed by atoms with Crippen LogP contribution in [0.1, 0.15) is 29.7 Å². The third kappa shape index (κ3) is 3.92. The summed E-state index contributed by atoms with van der Waals surface area (Å²) in [6.07, 6.45) is 0. The molecule has 3 heteroatoms. The molecule has 1 unspecified atom stereocenters. The number of nitriles is 1. The summed E-state index contributed by atoms with van der Waals surface area (Å²) in [6, 6.07) is 18.4. The second-order valence-electron chi connectivity index (χ2n) is 4.46. The average molecular weight is 315 g/mol. The Morgan fingerprint density at radius 3 is 2.32 bits per heavy atom. The molecule has 0 heterocycles. The van der Waals surface area contributed by atoms with E-state index in [0.717, 1.165) is 11.0 Å². The van der Waals surface area contributed by atoms with E-state index in [-0.39, 0.29) is 0 Å². The molecular formula is C16H15BrN2. The standard InChI is InChI=1S/C16H15BrN2/c1-12(15-6-8-16(17)9-7-15)19-11-14-4-2-13(10-18)3-5-14/h2-9,12,19H,11H2,1H3. The van der Waals surface area contributed by atoms with Gasteiger partial charge in [0.25, 0.3) is 0 Å². The smallest absolute Gasteiger partial charge is 0.0991 e. The quantitative estimate of drug-likeness (QED) is 0.919. The van der Waals surface area contributed by atoms with Gasteiger partial charge in [0, 0.05) is 17.1 Å². The Morgan fingerprint density at radius 1 is 1.11 bits per heavy atom. The van der Waals surface area contributed by atoms with E-state index >= 15 is 0 Å². The fourth-order valence-corrected chi connectivity index (χ4v) is 2.10. The molecule has 0 bridgehead atoms. The van der Waals surface area contributed by atoms with Crippen LogP contribution in [0.15, 0.2) is 53.0 Å². The van der Waals surface area contributed by atoms with Crippen LogP contribution < -0.4 is 5.32 Å². The molecule has 0 amide bonds. The molecule has 0 saturated carbocycles. The first kappa shape index (κ1) is 13.8. The van der Waals surface area contributed by atoms with E-state index in [1.807, 2.05) is 24.3 Å². The monoisotopic (exact) mass is 314 g/mol. The van der Waals surface area contributed by atoms with E-state index in [1.165, 1.54) is 11.1 Å². The van der Waals surface area contributed by atoms with Gasteiger partial charge in [0.2, 0.25) is 0 Å². The molecule has 0 aromatic heterocycles. The zero-order valence-electron chi connectivity index (χ0n) is 10.7. The summed E-state index contributed by atoms with van der Waals surface area (Å²) < 4.78 is 1.09. The van der Waals surface area contributed by atoms with Crippen molar-refractivity contribution in [3.05, 3.63) is 69.7 Å². The van der Waals surface area contributed by atoms with Crippen LogP contribution in [0.25, 0.3) is 0 Å². The van der Waals surface area contributed by atoms with E-state index in [2.05, 4.69) is 58.5 Å². The topological polar surface area (TPSA) is 35.8 Å². The fraction of sp³-hybridized carbons (Fsp3) is 0.188. The summed E-state index contributed by atoms with van der Waals surface area (Å²) in [5.41, 5.74) is 3.14. The Bertz CT molecular complexity index is 567. The lowest BCUT2D eigenvalue weighted by molar-refractivity contribution is 0.574. The Hall–Kier alpha value is -1.63. The van der Waals surface area contributed by atoms with Gasteiger partial charge in [-0.2, -0.15) is 5.26 Å². The highest BCUT2D eigenvalue weighted by molar-refractivity contribution is 9.10. The third-order valence-electron chi connectivity index (χ3n) is 3.07. The van der Waals surface area contributed by atoms with Gasteiger partial charge in [-0.1, -0.05) is 40.2 Å². The Kier molecular flexibility index (Phi) is 4.73. The molecule has 0 radical (unpaired) electrons. The molecule has 2 aromatic carbocycles. The van der Waals surface area contributed by atoms with Gasteiger partial charge < -0.3 is 5.32 Å². The van der Waals surface area contributed by atoms with Gasteiger partial charge in [0.15, 0.2) is 0 Å². The molecule has 19 heavy (non-hydrogen) atoms. The minimum absolute atomic E-state index is 0.295. The number of hydrogen-bond acceptors (Lipinski definition) is 2. The number of benzene rings is 2. The summed E-state index contributed by atoms with van der Waals surface area (Å²) in [5, 5.41) is 12.2. The molecular weight excluding hydrogens is 300 g/mol. The molecule has 2 nitrogen and oxygen atoms in total. The molecule has 0 aliphatic heterocycles. The van der Waals surface area contributed by atoms with Crippen LogP contribution in [0, 0.1) is 11.3 Å². The van der Waals surface area contributed by atoms with Crippen LogP contribution in [-0.4, -0.2) is 0 Å². The van der Waals surface area contributed by atoms with Crippen LogP contribution in [0.2, 0.25) is 0 Å². The van der Waals surface area contributed by atoms with Crippen molar-refractivity contribution in [1.82, 2.24) is 5.32 Å². The summed E-state index contributed by atoms with van der Waals surface area (Å²) in [5.74, 6) is 0. The predicted octanol–water partition coefficient (Wildman–Crippen LogP) is 4.17. The summed E-state index contributed by atoms with van der Waals surface area (Å²) in [6.45, 7) is 2.94. The first-order valence-corrected chi connectivity index (χ1v) is 6.96. The number of halogens is 1. The number of nitrogens with zero attached hydrogens (tertiary/aromatic N) is 1. The number of hydrogen-bond donors (Lipinski definition) is 1. The first-order chi connectivity index (χ1) is 9.19. The van der Waals surface area contributed by atoms with Crippen molar-refractivity contribution in [2.24, 2.45) is 0 Å². The van der Waals surface area contributed by atoms with Crippen molar-refractivity contribution in [1.29, 1.82) is 5.26 Å². The van der Waals surface area contributed by atoms with Gasteiger partial charge in [-0.3, -0.25) is 0 Å². The molecule has 0 spiro atoms. The van der Waals surface area contributed by atoms with Crippen molar-refractivity contribution in [2.75, 3.05) is 0 Å². The largest absolute Gasteiger partial charge is 0.306 e. The Labute approximate surface area is 122 Å². The van der Waals surface area contributed by atoms with Crippen LogP contribution in [-0.2, 0) is 6.54 Å². The minimum atomic E-state index is 0.295. The number of nitrogens with one attached hydrogen (secondary N) is 1. The fourth-order valence-electron chi connectivity index (χ4n) is 1.84. The zero-order chi connectivity index (χ0) is 13.7. The molecule has 0 aliphatic rings. The highest BCUT2D eigenvalue weighted by Gasteiger charge is 2.04. The van der Waals surface area contributed by atoms with Crippen LogP contribution >= 0.6 is 15.9 Å².